The van der Waals surface area contributed by atoms with Crippen molar-refractivity contribution in [2.45, 2.75) is 26.4 Å². The van der Waals surface area contributed by atoms with E-state index in [0.717, 1.165) is 31.9 Å². The van der Waals surface area contributed by atoms with Gasteiger partial charge in [0.1, 0.15) is 5.60 Å². The molecule has 0 saturated carbocycles. The Morgan fingerprint density at radius 3 is 2.33 bits per heavy atom. The molecule has 1 aliphatic heterocycles. The Bertz CT molecular complexity index is 451. The molecule has 0 bridgehead atoms. The Kier molecular flexibility index (Phi) is 6.30. The minimum atomic E-state index is -0.318. The van der Waals surface area contributed by atoms with Crippen molar-refractivity contribution in [1.82, 2.24) is 5.32 Å². The van der Waals surface area contributed by atoms with Gasteiger partial charge in [0.05, 0.1) is 17.1 Å². The largest absolute Gasteiger partial charge is 0.462 e. The molecule has 5 N–H and O–H groups in total. The average Bonchev–Trinajstić information content (AvgIpc) is 2.42. The van der Waals surface area contributed by atoms with Gasteiger partial charge in [0, 0.05) is 26.2 Å². The quantitative estimate of drug-likeness (QED) is 0.561. The topological polar surface area (TPSA) is 93.6 Å². The van der Waals surface area contributed by atoms with Crippen LogP contribution in [0.3, 0.4) is 0 Å². The predicted molar refractivity (Wildman–Crippen MR) is 87.3 cm³/mol. The zero-order valence-electron chi connectivity index (χ0n) is 13.1. The van der Waals surface area contributed by atoms with Crippen molar-refractivity contribution in [3.8, 4) is 0 Å². The number of nitrogens with two attached hydrogens (primary N) is 2. The Balaban J connectivity index is 0.000000270. The molecule has 1 fully saturated rings. The van der Waals surface area contributed by atoms with E-state index in [9.17, 15) is 4.79 Å². The molecule has 2 rings (SSSR count). The van der Waals surface area contributed by atoms with Crippen LogP contribution in [-0.4, -0.2) is 38.3 Å². The SMILES string of the molecule is CC(C)(C)OC=O.Nc1cccc(N2CCNCC2)c1N. The number of para-hydroxylation sites is 1. The first-order valence-corrected chi connectivity index (χ1v) is 7.06. The highest BCUT2D eigenvalue weighted by atomic mass is 16.5. The first kappa shape index (κ1) is 17.1. The third-order valence-corrected chi connectivity index (χ3v) is 2.98. The molecule has 6 nitrogen and oxygen atoms in total. The number of nitrogens with zero attached hydrogens (tertiary/aromatic N) is 1. The Hall–Kier alpha value is -1.95. The molecule has 0 aliphatic carbocycles. The van der Waals surface area contributed by atoms with Gasteiger partial charge in [-0.15, -0.1) is 0 Å². The van der Waals surface area contributed by atoms with E-state index in [0.29, 0.717) is 17.8 Å². The standard InChI is InChI=1S/C10H16N4.C5H10O2/c11-8-2-1-3-9(10(8)12)14-6-4-13-5-7-14;1-5(2,3)7-4-6/h1-3,13H,4-7,11-12H2;4H,1-3H3. The average molecular weight is 294 g/mol. The number of carbonyl (C=O) groups is 1. The second kappa shape index (κ2) is 7.73. The van der Waals surface area contributed by atoms with Crippen LogP contribution in [0.4, 0.5) is 17.1 Å². The van der Waals surface area contributed by atoms with Crippen LogP contribution in [0.25, 0.3) is 0 Å². The summed E-state index contributed by atoms with van der Waals surface area (Å²) >= 11 is 0. The minimum Gasteiger partial charge on any atom is -0.462 e. The molecule has 6 heteroatoms. The van der Waals surface area contributed by atoms with Gasteiger partial charge >= 0.3 is 0 Å². The van der Waals surface area contributed by atoms with Crippen molar-refractivity contribution in [2.75, 3.05) is 42.5 Å². The summed E-state index contributed by atoms with van der Waals surface area (Å²) < 4.78 is 4.55. The van der Waals surface area contributed by atoms with Crippen molar-refractivity contribution in [3.63, 3.8) is 0 Å². The molecule has 0 unspecified atom stereocenters. The van der Waals surface area contributed by atoms with Gasteiger partial charge < -0.3 is 26.4 Å². The van der Waals surface area contributed by atoms with Gasteiger partial charge in [-0.05, 0) is 32.9 Å². The van der Waals surface area contributed by atoms with E-state index in [1.807, 2.05) is 39.0 Å². The Labute approximate surface area is 126 Å². The maximum atomic E-state index is 9.60. The summed E-state index contributed by atoms with van der Waals surface area (Å²) in [7, 11) is 0. The van der Waals surface area contributed by atoms with Gasteiger partial charge in [-0.25, -0.2) is 0 Å². The lowest BCUT2D eigenvalue weighted by Crippen LogP contribution is -2.43. The Morgan fingerprint density at radius 1 is 1.24 bits per heavy atom. The number of benzene rings is 1. The minimum absolute atomic E-state index is 0.318. The number of carbonyl (C=O) groups excluding carboxylic acids is 1. The summed E-state index contributed by atoms with van der Waals surface area (Å²) in [5.74, 6) is 0. The zero-order chi connectivity index (χ0) is 15.9. The molecule has 1 saturated heterocycles. The van der Waals surface area contributed by atoms with E-state index in [2.05, 4.69) is 15.0 Å². The molecule has 1 aromatic carbocycles. The van der Waals surface area contributed by atoms with Gasteiger partial charge in [-0.2, -0.15) is 0 Å². The summed E-state index contributed by atoms with van der Waals surface area (Å²) in [6.07, 6.45) is 0. The summed E-state index contributed by atoms with van der Waals surface area (Å²) in [6, 6.07) is 5.81. The molecule has 1 aliphatic rings. The van der Waals surface area contributed by atoms with E-state index >= 15 is 0 Å². The van der Waals surface area contributed by atoms with E-state index in [-0.39, 0.29) is 5.60 Å². The van der Waals surface area contributed by atoms with Gasteiger partial charge in [0.15, 0.2) is 0 Å². The van der Waals surface area contributed by atoms with Gasteiger partial charge in [-0.1, -0.05) is 6.07 Å². The first-order valence-electron chi connectivity index (χ1n) is 7.06. The van der Waals surface area contributed by atoms with Crippen LogP contribution in [0.5, 0.6) is 0 Å². The van der Waals surface area contributed by atoms with Crippen LogP contribution < -0.4 is 21.7 Å². The fraction of sp³-hybridized carbons (Fsp3) is 0.533. The number of rotatable bonds is 2. The molecule has 118 valence electrons. The number of hydrogen-bond acceptors (Lipinski definition) is 6. The van der Waals surface area contributed by atoms with E-state index in [1.165, 1.54) is 0 Å². The maximum absolute atomic E-state index is 9.60. The first-order chi connectivity index (χ1) is 9.85. The van der Waals surface area contributed by atoms with Crippen molar-refractivity contribution in [3.05, 3.63) is 18.2 Å². The lowest BCUT2D eigenvalue weighted by Gasteiger charge is -2.30. The van der Waals surface area contributed by atoms with Crippen LogP contribution in [-0.2, 0) is 9.53 Å². The second-order valence-electron chi connectivity index (χ2n) is 5.84. The summed E-state index contributed by atoms with van der Waals surface area (Å²) in [5, 5.41) is 3.30. The lowest BCUT2D eigenvalue weighted by molar-refractivity contribution is -0.138. The molecule has 0 spiro atoms. The van der Waals surface area contributed by atoms with E-state index < -0.39 is 0 Å². The number of ether oxygens (including phenoxy) is 1. The van der Waals surface area contributed by atoms with Crippen molar-refractivity contribution in [1.29, 1.82) is 0 Å². The van der Waals surface area contributed by atoms with Crippen molar-refractivity contribution >= 4 is 23.5 Å². The summed E-state index contributed by atoms with van der Waals surface area (Å²) in [5.41, 5.74) is 13.8. The summed E-state index contributed by atoms with van der Waals surface area (Å²) in [6.45, 7) is 9.92. The lowest BCUT2D eigenvalue weighted by atomic mass is 10.2. The molecule has 0 aromatic heterocycles. The number of nitrogen functional groups attached to an aromatic ring is 2. The van der Waals surface area contributed by atoms with E-state index in [1.54, 1.807) is 0 Å². The van der Waals surface area contributed by atoms with Crippen LogP contribution in [0.15, 0.2) is 18.2 Å². The maximum Gasteiger partial charge on any atom is 0.293 e. The van der Waals surface area contributed by atoms with Crippen LogP contribution >= 0.6 is 0 Å². The number of piperazine rings is 1. The van der Waals surface area contributed by atoms with E-state index in [4.69, 9.17) is 11.5 Å². The van der Waals surface area contributed by atoms with Crippen LogP contribution in [0.2, 0.25) is 0 Å². The highest BCUT2D eigenvalue weighted by molar-refractivity contribution is 5.79. The molecule has 1 aromatic rings. The smallest absolute Gasteiger partial charge is 0.293 e. The third-order valence-electron chi connectivity index (χ3n) is 2.98. The molecular formula is C15H26N4O2. The molecule has 1 heterocycles. The van der Waals surface area contributed by atoms with Crippen molar-refractivity contribution in [2.24, 2.45) is 0 Å². The fourth-order valence-corrected chi connectivity index (χ4v) is 1.90. The van der Waals surface area contributed by atoms with Crippen LogP contribution in [0, 0.1) is 0 Å². The zero-order valence-corrected chi connectivity index (χ0v) is 13.1. The normalized spacial score (nSPS) is 14.9. The Morgan fingerprint density at radius 2 is 1.86 bits per heavy atom. The van der Waals surface area contributed by atoms with Gasteiger partial charge in [-0.3, -0.25) is 4.79 Å². The third kappa shape index (κ3) is 5.91. The number of hydrogen-bond donors (Lipinski definition) is 3. The summed E-state index contributed by atoms with van der Waals surface area (Å²) in [4.78, 5) is 11.9. The number of nitrogens with one attached hydrogen (secondary N) is 1. The molecular weight excluding hydrogens is 268 g/mol. The van der Waals surface area contributed by atoms with Crippen LogP contribution in [0.1, 0.15) is 20.8 Å². The highest BCUT2D eigenvalue weighted by Crippen LogP contribution is 2.28. The highest BCUT2D eigenvalue weighted by Gasteiger charge is 2.13. The molecule has 0 radical (unpaired) electrons. The molecule has 21 heavy (non-hydrogen) atoms. The van der Waals surface area contributed by atoms with Gasteiger partial charge in [0.2, 0.25) is 0 Å². The van der Waals surface area contributed by atoms with Gasteiger partial charge in [0.25, 0.3) is 6.47 Å². The number of anilines is 3. The second-order valence-corrected chi connectivity index (χ2v) is 5.84. The fourth-order valence-electron chi connectivity index (χ4n) is 1.90. The van der Waals surface area contributed by atoms with Crippen molar-refractivity contribution < 1.29 is 9.53 Å². The monoisotopic (exact) mass is 294 g/mol. The molecule has 0 atom stereocenters. The predicted octanol–water partition coefficient (Wildman–Crippen LogP) is 1.22. The molecule has 0 amide bonds.